The van der Waals surface area contributed by atoms with Crippen molar-refractivity contribution in [2.45, 2.75) is 19.3 Å². The van der Waals surface area contributed by atoms with Crippen molar-refractivity contribution in [2.75, 3.05) is 48.2 Å². The number of hydrogen-bond donors (Lipinski definition) is 4. The fraction of sp³-hybridized carbons (Fsp3) is 0.423. The standard InChI is InChI=1S/C24H31N3O6S2.C2H2O4.H2O/c1-34(29,30)25-19-5-7-21(8-6-19)33-14-13-27-11-9-17(10-12-27)22-15-18-3-4-20(26-35(2,31)32)16-23(18)24(22)28;3-1(4)2(5)6;/h3-8,16-17,22,25-26H,9-15H2,1-2H3;(H,3,4)(H,5,6);1H2. The Morgan fingerprint density at radius 3 is 1.95 bits per heavy atom. The number of nitrogens with zero attached hydrogens (tertiary/aromatic N) is 1. The zero-order valence-electron chi connectivity index (χ0n) is 23.1. The third kappa shape index (κ3) is 10.6. The number of likely N-dealkylation sites (tertiary alicyclic amines) is 1. The van der Waals surface area contributed by atoms with Gasteiger partial charge in [-0.2, -0.15) is 0 Å². The van der Waals surface area contributed by atoms with E-state index >= 15 is 0 Å². The van der Waals surface area contributed by atoms with Gasteiger partial charge < -0.3 is 20.4 Å². The average molecular weight is 630 g/mol. The summed E-state index contributed by atoms with van der Waals surface area (Å²) in [4.78, 5) is 33.6. The lowest BCUT2D eigenvalue weighted by Gasteiger charge is -2.34. The molecular formula is C26H35N3O11S2. The van der Waals surface area contributed by atoms with E-state index in [9.17, 15) is 21.6 Å². The second-order valence-corrected chi connectivity index (χ2v) is 13.5. The highest BCUT2D eigenvalue weighted by Crippen LogP contribution is 2.37. The Balaban J connectivity index is 0.000000798. The molecule has 6 N–H and O–H groups in total. The van der Waals surface area contributed by atoms with Crippen molar-refractivity contribution in [3.63, 3.8) is 0 Å². The number of ketones is 1. The first kappa shape index (κ1) is 34.5. The minimum Gasteiger partial charge on any atom is -0.492 e. The van der Waals surface area contributed by atoms with Crippen LogP contribution in [-0.2, 0) is 36.1 Å². The minimum absolute atomic E-state index is 0. The molecule has 14 nitrogen and oxygen atoms in total. The lowest BCUT2D eigenvalue weighted by atomic mass is 9.82. The summed E-state index contributed by atoms with van der Waals surface area (Å²) in [5.74, 6) is -2.58. The van der Waals surface area contributed by atoms with Gasteiger partial charge >= 0.3 is 11.9 Å². The molecule has 0 aromatic heterocycles. The smallest absolute Gasteiger partial charge is 0.414 e. The van der Waals surface area contributed by atoms with Crippen LogP contribution >= 0.6 is 0 Å². The Bertz CT molecular complexity index is 1470. The van der Waals surface area contributed by atoms with E-state index in [0.717, 1.165) is 50.6 Å². The van der Waals surface area contributed by atoms with Crippen molar-refractivity contribution in [3.8, 4) is 5.75 Å². The fourth-order valence-electron chi connectivity index (χ4n) is 4.88. The van der Waals surface area contributed by atoms with Gasteiger partial charge in [-0.1, -0.05) is 6.07 Å². The number of carboxylic acid groups (broad SMARTS) is 2. The molecule has 0 bridgehead atoms. The minimum atomic E-state index is -3.39. The number of nitrogens with one attached hydrogen (secondary N) is 2. The number of fused-ring (bicyclic) bond motifs is 1. The Morgan fingerprint density at radius 2 is 1.43 bits per heavy atom. The zero-order chi connectivity index (χ0) is 30.4. The summed E-state index contributed by atoms with van der Waals surface area (Å²) in [6, 6.07) is 12.0. The number of rotatable bonds is 9. The second kappa shape index (κ2) is 14.4. The van der Waals surface area contributed by atoms with Crippen LogP contribution in [0.1, 0.15) is 28.8 Å². The molecule has 0 spiro atoms. The molecule has 2 aromatic rings. The van der Waals surface area contributed by atoms with E-state index in [1.807, 2.05) is 6.07 Å². The molecule has 1 unspecified atom stereocenters. The Morgan fingerprint density at radius 1 is 0.905 bits per heavy atom. The Hall–Kier alpha value is -3.73. The number of anilines is 2. The molecule has 1 aliphatic heterocycles. The maximum atomic E-state index is 13.1. The van der Waals surface area contributed by atoms with Gasteiger partial charge in [-0.15, -0.1) is 0 Å². The molecule has 0 saturated carbocycles. The van der Waals surface area contributed by atoms with Gasteiger partial charge in [0.2, 0.25) is 20.0 Å². The van der Waals surface area contributed by atoms with E-state index in [1.54, 1.807) is 36.4 Å². The summed E-state index contributed by atoms with van der Waals surface area (Å²) in [5, 5.41) is 14.8. The molecule has 2 aliphatic rings. The zero-order valence-corrected chi connectivity index (χ0v) is 24.7. The first-order valence-electron chi connectivity index (χ1n) is 12.7. The summed E-state index contributed by atoms with van der Waals surface area (Å²) in [5.41, 5.74) is 2.55. The Labute approximate surface area is 244 Å². The van der Waals surface area contributed by atoms with Crippen LogP contribution in [0.15, 0.2) is 42.5 Å². The van der Waals surface area contributed by atoms with Crippen LogP contribution in [0.5, 0.6) is 5.75 Å². The predicted octanol–water partition coefficient (Wildman–Crippen LogP) is 0.907. The van der Waals surface area contributed by atoms with Crippen LogP contribution in [0.2, 0.25) is 0 Å². The van der Waals surface area contributed by atoms with Crippen LogP contribution in [0.4, 0.5) is 11.4 Å². The number of piperidine rings is 1. The number of Topliss-reactive ketones (excluding diaryl/α,β-unsaturated/α-hetero) is 1. The molecule has 4 rings (SSSR count). The molecule has 16 heteroatoms. The van der Waals surface area contributed by atoms with Crippen LogP contribution in [0.3, 0.4) is 0 Å². The summed E-state index contributed by atoms with van der Waals surface area (Å²) in [6.07, 6.45) is 4.79. The molecule has 0 amide bonds. The summed E-state index contributed by atoms with van der Waals surface area (Å²) >= 11 is 0. The van der Waals surface area contributed by atoms with Gasteiger partial charge in [0.15, 0.2) is 5.78 Å². The molecule has 2 aromatic carbocycles. The van der Waals surface area contributed by atoms with Crippen molar-refractivity contribution in [1.29, 1.82) is 0 Å². The third-order valence-electron chi connectivity index (χ3n) is 6.67. The van der Waals surface area contributed by atoms with Crippen LogP contribution < -0.4 is 14.2 Å². The van der Waals surface area contributed by atoms with Crippen molar-refractivity contribution >= 4 is 49.1 Å². The summed E-state index contributed by atoms with van der Waals surface area (Å²) < 4.78 is 56.3. The van der Waals surface area contributed by atoms with Gasteiger partial charge in [-0.25, -0.2) is 26.4 Å². The molecule has 232 valence electrons. The highest BCUT2D eigenvalue weighted by Gasteiger charge is 2.37. The van der Waals surface area contributed by atoms with Crippen LogP contribution in [0, 0.1) is 11.8 Å². The molecule has 42 heavy (non-hydrogen) atoms. The first-order valence-corrected chi connectivity index (χ1v) is 16.4. The molecule has 1 fully saturated rings. The molecule has 1 aliphatic carbocycles. The number of carbonyl (C=O) groups is 3. The van der Waals surface area contributed by atoms with Crippen LogP contribution in [0.25, 0.3) is 0 Å². The van der Waals surface area contributed by atoms with E-state index in [2.05, 4.69) is 14.3 Å². The molecular weight excluding hydrogens is 594 g/mol. The number of aliphatic carboxylic acids is 2. The third-order valence-corrected chi connectivity index (χ3v) is 7.89. The number of carbonyl (C=O) groups excluding carboxylic acids is 1. The van der Waals surface area contributed by atoms with E-state index < -0.39 is 32.0 Å². The first-order chi connectivity index (χ1) is 19.1. The van der Waals surface area contributed by atoms with Crippen molar-refractivity contribution in [2.24, 2.45) is 11.8 Å². The van der Waals surface area contributed by atoms with E-state index in [4.69, 9.17) is 24.5 Å². The largest absolute Gasteiger partial charge is 0.492 e. The maximum absolute atomic E-state index is 13.1. The van der Waals surface area contributed by atoms with Crippen LogP contribution in [-0.4, -0.2) is 93.9 Å². The number of hydrogen-bond acceptors (Lipinski definition) is 9. The molecule has 1 atom stereocenters. The van der Waals surface area contributed by atoms with Gasteiger partial charge in [0, 0.05) is 29.4 Å². The predicted molar refractivity (Wildman–Crippen MR) is 155 cm³/mol. The maximum Gasteiger partial charge on any atom is 0.414 e. The summed E-state index contributed by atoms with van der Waals surface area (Å²) in [7, 11) is -6.69. The van der Waals surface area contributed by atoms with Gasteiger partial charge in [0.1, 0.15) is 12.4 Å². The fourth-order valence-corrected chi connectivity index (χ4v) is 6.00. The normalized spacial score (nSPS) is 17.2. The number of benzene rings is 2. The number of sulfonamides is 2. The lowest BCUT2D eigenvalue weighted by molar-refractivity contribution is -0.159. The van der Waals surface area contributed by atoms with E-state index in [1.165, 1.54) is 0 Å². The van der Waals surface area contributed by atoms with Crippen molar-refractivity contribution in [1.82, 2.24) is 4.90 Å². The van der Waals surface area contributed by atoms with Crippen molar-refractivity contribution < 1.29 is 51.6 Å². The topological polar surface area (TPSA) is 228 Å². The molecule has 0 radical (unpaired) electrons. The van der Waals surface area contributed by atoms with Crippen molar-refractivity contribution in [3.05, 3.63) is 53.6 Å². The van der Waals surface area contributed by atoms with Gasteiger partial charge in [-0.05, 0) is 80.2 Å². The molecule has 1 heterocycles. The molecule has 1 saturated heterocycles. The van der Waals surface area contributed by atoms with E-state index in [-0.39, 0.29) is 17.2 Å². The van der Waals surface area contributed by atoms with Gasteiger partial charge in [0.05, 0.1) is 12.5 Å². The average Bonchev–Trinajstić information content (AvgIpc) is 3.20. The highest BCUT2D eigenvalue weighted by molar-refractivity contribution is 7.92. The SMILES string of the molecule is CS(=O)(=O)Nc1ccc(OCCN2CCC(C3Cc4ccc(NS(C)(=O)=O)cc4C3=O)CC2)cc1.O.O=C(O)C(=O)O. The second-order valence-electron chi connectivity index (χ2n) is 9.96. The Kier molecular flexibility index (Phi) is 11.9. The van der Waals surface area contributed by atoms with Gasteiger partial charge in [0.25, 0.3) is 0 Å². The summed E-state index contributed by atoms with van der Waals surface area (Å²) in [6.45, 7) is 3.08. The highest BCUT2D eigenvalue weighted by atomic mass is 32.2. The quantitative estimate of drug-likeness (QED) is 0.285. The lowest BCUT2D eigenvalue weighted by Crippen LogP contribution is -2.39. The monoisotopic (exact) mass is 629 g/mol. The number of carboxylic acids is 2. The van der Waals surface area contributed by atoms with E-state index in [0.29, 0.717) is 41.6 Å². The van der Waals surface area contributed by atoms with Gasteiger partial charge in [-0.3, -0.25) is 19.1 Å². The number of ether oxygens (including phenoxy) is 1.